The van der Waals surface area contributed by atoms with Crippen molar-refractivity contribution in [1.82, 2.24) is 4.98 Å². The predicted molar refractivity (Wildman–Crippen MR) is 129 cm³/mol. The summed E-state index contributed by atoms with van der Waals surface area (Å²) in [5, 5.41) is 22.3. The fourth-order valence-corrected chi connectivity index (χ4v) is 3.28. The zero-order chi connectivity index (χ0) is 25.6. The van der Waals surface area contributed by atoms with Gasteiger partial charge in [0.25, 0.3) is 5.91 Å². The number of hydrogen-bond donors (Lipinski definition) is 3. The van der Waals surface area contributed by atoms with Crippen LogP contribution in [0.25, 0.3) is 11.1 Å². The molecule has 3 N–H and O–H groups in total. The Labute approximate surface area is 199 Å². The maximum Gasteiger partial charge on any atom is 0.420 e. The van der Waals surface area contributed by atoms with Crippen molar-refractivity contribution in [3.05, 3.63) is 71.4 Å². The summed E-state index contributed by atoms with van der Waals surface area (Å²) in [6.45, 7) is 0. The molecule has 35 heavy (non-hydrogen) atoms. The second-order valence-corrected chi connectivity index (χ2v) is 7.41. The molecule has 8 nitrogen and oxygen atoms in total. The first-order valence-electron chi connectivity index (χ1n) is 10.1. The van der Waals surface area contributed by atoms with Gasteiger partial charge in [0.2, 0.25) is 0 Å². The Morgan fingerprint density at radius 2 is 1.94 bits per heavy atom. The normalized spacial score (nSPS) is 11.1. The Bertz CT molecular complexity index is 1330. The molecule has 178 valence electrons. The minimum Gasteiger partial charge on any atom is -0.377 e. The van der Waals surface area contributed by atoms with Crippen LogP contribution < -0.4 is 15.6 Å². The highest BCUT2D eigenvalue weighted by Crippen LogP contribution is 2.36. The Morgan fingerprint density at radius 1 is 1.20 bits per heavy atom. The van der Waals surface area contributed by atoms with E-state index in [0.29, 0.717) is 11.6 Å². The number of amides is 1. The third kappa shape index (κ3) is 5.80. The second kappa shape index (κ2) is 10.5. The number of pyridine rings is 1. The standard InChI is InChI=1S/C24H20F3N7O/c1-34(2)21-6-4-3-5-18(21)15-7-8-19(16(11-15)13-29)23(35)32-17-12-20(24(25,26)27)22(30-14-17)33-31-10-9-28/h3-12,14,28H,1-2H3,(H,30,33)(H,32,35)/b28-9?,31-10-. The number of anilines is 3. The number of halogens is 3. The van der Waals surface area contributed by atoms with Gasteiger partial charge in [0.05, 0.1) is 35.3 Å². The molecule has 11 heteroatoms. The minimum absolute atomic E-state index is 0.00456. The average Bonchev–Trinajstić information content (AvgIpc) is 2.83. The van der Waals surface area contributed by atoms with Crippen molar-refractivity contribution < 1.29 is 18.0 Å². The highest BCUT2D eigenvalue weighted by molar-refractivity contribution is 6.14. The van der Waals surface area contributed by atoms with Gasteiger partial charge in [0.1, 0.15) is 5.56 Å². The van der Waals surface area contributed by atoms with Gasteiger partial charge in [-0.3, -0.25) is 10.2 Å². The Kier molecular flexibility index (Phi) is 7.46. The lowest BCUT2D eigenvalue weighted by Crippen LogP contribution is -2.16. The maximum absolute atomic E-state index is 13.5. The van der Waals surface area contributed by atoms with Gasteiger partial charge in [-0.15, -0.1) is 0 Å². The molecule has 3 rings (SSSR count). The molecule has 3 aromatic rings. The zero-order valence-electron chi connectivity index (χ0n) is 18.7. The summed E-state index contributed by atoms with van der Waals surface area (Å²) >= 11 is 0. The average molecular weight is 479 g/mol. The summed E-state index contributed by atoms with van der Waals surface area (Å²) in [7, 11) is 3.77. The minimum atomic E-state index is -4.78. The van der Waals surface area contributed by atoms with Crippen molar-refractivity contribution in [1.29, 1.82) is 10.7 Å². The number of hydrazone groups is 1. The van der Waals surface area contributed by atoms with E-state index < -0.39 is 23.5 Å². The van der Waals surface area contributed by atoms with Crippen LogP contribution in [0.2, 0.25) is 0 Å². The number of carbonyl (C=O) groups excluding carboxylic acids is 1. The summed E-state index contributed by atoms with van der Waals surface area (Å²) in [6.07, 6.45) is -2.02. The van der Waals surface area contributed by atoms with Gasteiger partial charge in [-0.1, -0.05) is 24.3 Å². The molecular weight excluding hydrogens is 459 g/mol. The van der Waals surface area contributed by atoms with Crippen LogP contribution in [0.15, 0.2) is 59.8 Å². The molecule has 1 heterocycles. The number of nitrogens with zero attached hydrogens (tertiary/aromatic N) is 4. The van der Waals surface area contributed by atoms with E-state index in [1.165, 1.54) is 6.07 Å². The second-order valence-electron chi connectivity index (χ2n) is 7.41. The van der Waals surface area contributed by atoms with Crippen molar-refractivity contribution in [2.24, 2.45) is 5.10 Å². The van der Waals surface area contributed by atoms with Crippen LogP contribution in [0, 0.1) is 16.7 Å². The number of aromatic nitrogens is 1. The maximum atomic E-state index is 13.5. The van der Waals surface area contributed by atoms with Gasteiger partial charge in [-0.25, -0.2) is 4.98 Å². The summed E-state index contributed by atoms with van der Waals surface area (Å²) in [6, 6.07) is 14.9. The molecule has 0 bridgehead atoms. The van der Waals surface area contributed by atoms with Crippen LogP contribution in [0.4, 0.5) is 30.4 Å². The SMILES string of the molecule is CN(C)c1ccccc1-c1ccc(C(=O)Nc2cnc(N/N=C\C=N)c(C(F)(F)F)c2)c(C#N)c1. The molecule has 0 aliphatic heterocycles. The van der Waals surface area contributed by atoms with E-state index in [2.05, 4.69) is 20.8 Å². The van der Waals surface area contributed by atoms with E-state index in [1.54, 1.807) is 12.1 Å². The number of para-hydroxylation sites is 1. The highest BCUT2D eigenvalue weighted by Gasteiger charge is 2.35. The van der Waals surface area contributed by atoms with E-state index in [-0.39, 0.29) is 16.8 Å². The molecule has 2 aromatic carbocycles. The largest absolute Gasteiger partial charge is 0.420 e. The molecule has 0 spiro atoms. The van der Waals surface area contributed by atoms with Gasteiger partial charge < -0.3 is 15.6 Å². The van der Waals surface area contributed by atoms with Crippen LogP contribution in [-0.4, -0.2) is 37.4 Å². The van der Waals surface area contributed by atoms with Gasteiger partial charge in [0, 0.05) is 31.6 Å². The predicted octanol–water partition coefficient (Wildman–Crippen LogP) is 5.00. The van der Waals surface area contributed by atoms with Gasteiger partial charge in [-0.05, 0) is 29.8 Å². The molecule has 0 radical (unpaired) electrons. The zero-order valence-corrected chi connectivity index (χ0v) is 18.7. The third-order valence-electron chi connectivity index (χ3n) is 4.85. The third-order valence-corrected chi connectivity index (χ3v) is 4.85. The summed E-state index contributed by atoms with van der Waals surface area (Å²) in [5.41, 5.74) is 3.29. The van der Waals surface area contributed by atoms with Crippen molar-refractivity contribution in [3.63, 3.8) is 0 Å². The topological polar surface area (TPSA) is 117 Å². The first-order valence-corrected chi connectivity index (χ1v) is 10.1. The van der Waals surface area contributed by atoms with Crippen molar-refractivity contribution >= 4 is 35.5 Å². The smallest absolute Gasteiger partial charge is 0.377 e. The van der Waals surface area contributed by atoms with E-state index in [1.807, 2.05) is 49.3 Å². The van der Waals surface area contributed by atoms with Crippen LogP contribution in [0.3, 0.4) is 0 Å². The summed E-state index contributed by atoms with van der Waals surface area (Å²) < 4.78 is 40.4. The fraction of sp³-hybridized carbons (Fsp3) is 0.125. The van der Waals surface area contributed by atoms with Gasteiger partial charge in [0.15, 0.2) is 5.82 Å². The number of hydrogen-bond acceptors (Lipinski definition) is 7. The lowest BCUT2D eigenvalue weighted by Gasteiger charge is -2.18. The van der Waals surface area contributed by atoms with Crippen molar-refractivity contribution in [2.45, 2.75) is 6.18 Å². The van der Waals surface area contributed by atoms with Crippen LogP contribution in [0.5, 0.6) is 0 Å². The molecule has 0 saturated carbocycles. The first kappa shape index (κ1) is 24.9. The fourth-order valence-electron chi connectivity index (χ4n) is 3.28. The number of rotatable bonds is 7. The Balaban J connectivity index is 1.92. The highest BCUT2D eigenvalue weighted by atomic mass is 19.4. The van der Waals surface area contributed by atoms with Crippen LogP contribution >= 0.6 is 0 Å². The van der Waals surface area contributed by atoms with E-state index in [9.17, 15) is 23.2 Å². The molecular formula is C24H20F3N7O. The van der Waals surface area contributed by atoms with E-state index in [0.717, 1.165) is 29.9 Å². The van der Waals surface area contributed by atoms with Gasteiger partial charge >= 0.3 is 6.18 Å². The lowest BCUT2D eigenvalue weighted by molar-refractivity contribution is -0.137. The lowest BCUT2D eigenvalue weighted by atomic mass is 9.97. The van der Waals surface area contributed by atoms with E-state index in [4.69, 9.17) is 5.41 Å². The number of benzene rings is 2. The van der Waals surface area contributed by atoms with Crippen LogP contribution in [-0.2, 0) is 6.18 Å². The summed E-state index contributed by atoms with van der Waals surface area (Å²) in [4.78, 5) is 18.4. The van der Waals surface area contributed by atoms with Gasteiger partial charge in [-0.2, -0.15) is 23.5 Å². The molecule has 0 aliphatic carbocycles. The first-order chi connectivity index (χ1) is 16.7. The van der Waals surface area contributed by atoms with Crippen molar-refractivity contribution in [2.75, 3.05) is 29.7 Å². The molecule has 0 fully saturated rings. The molecule has 0 unspecified atom stereocenters. The molecule has 0 saturated heterocycles. The van der Waals surface area contributed by atoms with E-state index >= 15 is 0 Å². The Hall–Kier alpha value is -4.72. The number of carbonyl (C=O) groups is 1. The quantitative estimate of drug-likeness (QED) is 0.326. The number of nitriles is 1. The molecule has 1 amide bonds. The number of nitrogens with one attached hydrogen (secondary N) is 3. The monoisotopic (exact) mass is 479 g/mol. The summed E-state index contributed by atoms with van der Waals surface area (Å²) in [5.74, 6) is -1.35. The number of alkyl halides is 3. The molecule has 0 aliphatic rings. The molecule has 1 aromatic heterocycles. The van der Waals surface area contributed by atoms with Crippen LogP contribution in [0.1, 0.15) is 21.5 Å². The molecule has 0 atom stereocenters. The Morgan fingerprint density at radius 3 is 2.60 bits per heavy atom. The van der Waals surface area contributed by atoms with Crippen molar-refractivity contribution in [3.8, 4) is 17.2 Å².